The van der Waals surface area contributed by atoms with Crippen molar-refractivity contribution in [3.63, 3.8) is 0 Å². The topological polar surface area (TPSA) is 66.5 Å². The first-order valence-electron chi connectivity index (χ1n) is 8.10. The number of halogens is 2. The van der Waals surface area contributed by atoms with Crippen LogP contribution in [0.2, 0.25) is 10.0 Å². The normalized spacial score (nSPS) is 18.7. The summed E-state index contributed by atoms with van der Waals surface area (Å²) in [5.74, 6) is -0.689. The second kappa shape index (κ2) is 7.86. The molecule has 0 bridgehead atoms. The van der Waals surface area contributed by atoms with Crippen LogP contribution < -0.4 is 5.32 Å². The van der Waals surface area contributed by atoms with Crippen molar-refractivity contribution in [2.24, 2.45) is 5.92 Å². The number of rotatable bonds is 4. The lowest BCUT2D eigenvalue weighted by molar-refractivity contribution is -0.120. The van der Waals surface area contributed by atoms with Crippen LogP contribution in [0.5, 0.6) is 0 Å². The van der Waals surface area contributed by atoms with Crippen LogP contribution in [0.15, 0.2) is 34.5 Å². The number of nitrogens with zero attached hydrogens (tertiary/aromatic N) is 1. The molecule has 26 heavy (non-hydrogen) atoms. The number of amides is 1. The van der Waals surface area contributed by atoms with E-state index in [9.17, 15) is 13.2 Å². The Morgan fingerprint density at radius 3 is 2.73 bits per heavy atom. The first-order chi connectivity index (χ1) is 12.3. The molecule has 3 rings (SSSR count). The van der Waals surface area contributed by atoms with Crippen molar-refractivity contribution in [2.45, 2.75) is 24.0 Å². The van der Waals surface area contributed by atoms with Gasteiger partial charge >= 0.3 is 0 Å². The predicted octanol–water partition coefficient (Wildman–Crippen LogP) is 4.40. The summed E-state index contributed by atoms with van der Waals surface area (Å²) in [5, 5.41) is 3.61. The quantitative estimate of drug-likeness (QED) is 0.777. The largest absolute Gasteiger partial charge is 0.324 e. The van der Waals surface area contributed by atoms with E-state index < -0.39 is 15.9 Å². The van der Waals surface area contributed by atoms with Gasteiger partial charge in [-0.15, -0.1) is 11.3 Å². The number of hydrogen-bond acceptors (Lipinski definition) is 4. The maximum absolute atomic E-state index is 12.8. The Morgan fingerprint density at radius 1 is 1.27 bits per heavy atom. The molecule has 1 N–H and O–H groups in total. The summed E-state index contributed by atoms with van der Waals surface area (Å²) in [4.78, 5) is 13.5. The van der Waals surface area contributed by atoms with E-state index >= 15 is 0 Å². The smallest absolute Gasteiger partial charge is 0.252 e. The molecule has 0 saturated carbocycles. The number of sulfonamides is 1. The van der Waals surface area contributed by atoms with Gasteiger partial charge in [0.05, 0.1) is 16.6 Å². The van der Waals surface area contributed by atoms with Crippen molar-refractivity contribution in [3.8, 4) is 0 Å². The van der Waals surface area contributed by atoms with Crippen molar-refractivity contribution in [2.75, 3.05) is 18.4 Å². The Morgan fingerprint density at radius 2 is 2.04 bits per heavy atom. The zero-order valence-electron chi connectivity index (χ0n) is 14.0. The Labute approximate surface area is 167 Å². The van der Waals surface area contributed by atoms with E-state index in [1.54, 1.807) is 30.3 Å². The number of hydrogen-bond donors (Lipinski definition) is 1. The van der Waals surface area contributed by atoms with Gasteiger partial charge < -0.3 is 5.32 Å². The summed E-state index contributed by atoms with van der Waals surface area (Å²) in [6.45, 7) is 2.44. The molecule has 1 aromatic heterocycles. The number of carbonyl (C=O) groups excluding carboxylic acids is 1. The number of benzene rings is 1. The molecule has 1 aliphatic rings. The van der Waals surface area contributed by atoms with Crippen LogP contribution in [-0.4, -0.2) is 31.7 Å². The molecule has 1 atom stereocenters. The summed E-state index contributed by atoms with van der Waals surface area (Å²) >= 11 is 13.3. The van der Waals surface area contributed by atoms with Crippen LogP contribution >= 0.6 is 34.5 Å². The number of nitrogens with one attached hydrogen (secondary N) is 1. The number of piperidine rings is 1. The van der Waals surface area contributed by atoms with Crippen molar-refractivity contribution in [1.29, 1.82) is 0 Å². The van der Waals surface area contributed by atoms with Gasteiger partial charge in [-0.1, -0.05) is 23.2 Å². The fourth-order valence-corrected chi connectivity index (χ4v) is 6.18. The fraction of sp³-hybridized carbons (Fsp3) is 0.353. The second-order valence-corrected chi connectivity index (χ2v) is 10.5. The summed E-state index contributed by atoms with van der Waals surface area (Å²) in [5.41, 5.74) is 0.429. The van der Waals surface area contributed by atoms with E-state index in [-0.39, 0.29) is 12.5 Å². The number of thiophene rings is 1. The van der Waals surface area contributed by atoms with Crippen LogP contribution in [-0.2, 0) is 14.8 Å². The van der Waals surface area contributed by atoms with Gasteiger partial charge in [-0.25, -0.2) is 8.42 Å². The highest BCUT2D eigenvalue weighted by Crippen LogP contribution is 2.30. The zero-order valence-corrected chi connectivity index (χ0v) is 17.2. The van der Waals surface area contributed by atoms with Gasteiger partial charge in [0.15, 0.2) is 0 Å². The molecule has 0 unspecified atom stereocenters. The highest BCUT2D eigenvalue weighted by molar-refractivity contribution is 7.91. The number of carbonyl (C=O) groups is 1. The molecule has 2 aromatic rings. The van der Waals surface area contributed by atoms with E-state index in [4.69, 9.17) is 23.2 Å². The summed E-state index contributed by atoms with van der Waals surface area (Å²) in [6, 6.07) is 8.22. The molecule has 1 aliphatic heterocycles. The van der Waals surface area contributed by atoms with Gasteiger partial charge in [0.2, 0.25) is 5.91 Å². The third-order valence-corrected chi connectivity index (χ3v) is 8.15. The lowest BCUT2D eigenvalue weighted by atomic mass is 9.99. The standard InChI is InChI=1S/C17H18Cl2N2O3S2/c1-11-4-7-16(25-11)26(23,24)21-8-2-3-12(10-21)17(22)20-15-9-13(18)5-6-14(15)19/h4-7,9,12H,2-3,8,10H2,1H3,(H,20,22)/t12-/m1/s1. The van der Waals surface area contributed by atoms with Crippen LogP contribution in [0.3, 0.4) is 0 Å². The molecule has 1 aromatic carbocycles. The minimum absolute atomic E-state index is 0.156. The van der Waals surface area contributed by atoms with Crippen LogP contribution in [0, 0.1) is 12.8 Å². The SMILES string of the molecule is Cc1ccc(S(=O)(=O)N2CCC[C@@H](C(=O)Nc3cc(Cl)ccc3Cl)C2)s1. The molecular formula is C17H18Cl2N2O3S2. The van der Waals surface area contributed by atoms with E-state index in [0.29, 0.717) is 39.3 Å². The van der Waals surface area contributed by atoms with Gasteiger partial charge in [0.25, 0.3) is 10.0 Å². The molecule has 1 saturated heterocycles. The number of anilines is 1. The van der Waals surface area contributed by atoms with E-state index in [1.807, 2.05) is 6.92 Å². The fourth-order valence-electron chi connectivity index (χ4n) is 2.88. The van der Waals surface area contributed by atoms with Gasteiger partial charge in [0, 0.05) is 23.0 Å². The first kappa shape index (κ1) is 19.6. The van der Waals surface area contributed by atoms with Gasteiger partial charge in [0.1, 0.15) is 4.21 Å². The summed E-state index contributed by atoms with van der Waals surface area (Å²) < 4.78 is 27.3. The molecule has 0 spiro atoms. The molecule has 5 nitrogen and oxygen atoms in total. The van der Waals surface area contributed by atoms with Crippen molar-refractivity contribution < 1.29 is 13.2 Å². The highest BCUT2D eigenvalue weighted by Gasteiger charge is 2.34. The Balaban J connectivity index is 1.74. The van der Waals surface area contributed by atoms with E-state index in [0.717, 1.165) is 4.88 Å². The predicted molar refractivity (Wildman–Crippen MR) is 106 cm³/mol. The molecule has 2 heterocycles. The van der Waals surface area contributed by atoms with Crippen LogP contribution in [0.1, 0.15) is 17.7 Å². The molecule has 140 valence electrons. The minimum atomic E-state index is -3.57. The van der Waals surface area contributed by atoms with Crippen molar-refractivity contribution >= 4 is 56.2 Å². The third-order valence-electron chi connectivity index (χ3n) is 4.25. The molecule has 0 aliphatic carbocycles. The summed E-state index contributed by atoms with van der Waals surface area (Å²) in [7, 11) is -3.57. The lowest BCUT2D eigenvalue weighted by Crippen LogP contribution is -2.43. The van der Waals surface area contributed by atoms with Crippen molar-refractivity contribution in [3.05, 3.63) is 45.3 Å². The monoisotopic (exact) mass is 432 g/mol. The molecule has 0 radical (unpaired) electrons. The highest BCUT2D eigenvalue weighted by atomic mass is 35.5. The van der Waals surface area contributed by atoms with Crippen molar-refractivity contribution in [1.82, 2.24) is 4.31 Å². The van der Waals surface area contributed by atoms with Gasteiger partial charge in [-0.3, -0.25) is 4.79 Å². The zero-order chi connectivity index (χ0) is 18.9. The molecular weight excluding hydrogens is 415 g/mol. The van der Waals surface area contributed by atoms with Gasteiger partial charge in [-0.05, 0) is 50.1 Å². The molecule has 1 fully saturated rings. The van der Waals surface area contributed by atoms with Crippen LogP contribution in [0.25, 0.3) is 0 Å². The maximum atomic E-state index is 12.8. The Kier molecular flexibility index (Phi) is 5.94. The summed E-state index contributed by atoms with van der Waals surface area (Å²) in [6.07, 6.45) is 1.25. The average molecular weight is 433 g/mol. The molecule has 1 amide bonds. The van der Waals surface area contributed by atoms with E-state index in [2.05, 4.69) is 5.32 Å². The van der Waals surface area contributed by atoms with Crippen LogP contribution in [0.4, 0.5) is 5.69 Å². The Bertz CT molecular complexity index is 928. The lowest BCUT2D eigenvalue weighted by Gasteiger charge is -2.30. The minimum Gasteiger partial charge on any atom is -0.324 e. The number of aryl methyl sites for hydroxylation is 1. The van der Waals surface area contributed by atoms with Gasteiger partial charge in [-0.2, -0.15) is 4.31 Å². The first-order valence-corrected chi connectivity index (χ1v) is 11.1. The Hall–Kier alpha value is -1.12. The third kappa shape index (κ3) is 4.23. The average Bonchev–Trinajstić information content (AvgIpc) is 3.05. The maximum Gasteiger partial charge on any atom is 0.252 e. The molecule has 9 heteroatoms. The second-order valence-electron chi connectivity index (χ2n) is 6.18. The van der Waals surface area contributed by atoms with E-state index in [1.165, 1.54) is 15.6 Å².